The molecule has 0 radical (unpaired) electrons. The summed E-state index contributed by atoms with van der Waals surface area (Å²) in [6, 6.07) is 1.16. The number of fused-ring (bicyclic) bond motifs is 1. The summed E-state index contributed by atoms with van der Waals surface area (Å²) in [7, 11) is 0. The van der Waals surface area contributed by atoms with Crippen molar-refractivity contribution in [3.63, 3.8) is 0 Å². The van der Waals surface area contributed by atoms with E-state index in [1.165, 1.54) is 11.2 Å². The number of nitrogens with zero attached hydrogens (tertiary/aromatic N) is 4. The Morgan fingerprint density at radius 3 is 2.62 bits per heavy atom. The number of hydrogen-bond acceptors (Lipinski definition) is 6. The van der Waals surface area contributed by atoms with Gasteiger partial charge in [0.1, 0.15) is 29.1 Å². The lowest BCUT2D eigenvalue weighted by Crippen LogP contribution is -2.47. The summed E-state index contributed by atoms with van der Waals surface area (Å²) in [4.78, 5) is 23.7. The van der Waals surface area contributed by atoms with Crippen LogP contribution in [-0.2, 0) is 4.74 Å². The second-order valence-corrected chi connectivity index (χ2v) is 9.19. The number of benzene rings is 1. The van der Waals surface area contributed by atoms with Gasteiger partial charge in [-0.15, -0.1) is 0 Å². The van der Waals surface area contributed by atoms with Gasteiger partial charge in [0.15, 0.2) is 5.82 Å². The van der Waals surface area contributed by atoms with Gasteiger partial charge in [0.05, 0.1) is 16.6 Å². The molecule has 2 heterocycles. The molecule has 1 amide bonds. The number of aromatic nitrogens is 2. The minimum atomic E-state index is -1.29. The zero-order valence-electron chi connectivity index (χ0n) is 16.7. The van der Waals surface area contributed by atoms with E-state index in [0.29, 0.717) is 6.54 Å². The lowest BCUT2D eigenvalue weighted by atomic mass is 10.1. The Balaban J connectivity index is 1.96. The monoisotopic (exact) mass is 472 g/mol. The predicted octanol–water partition coefficient (Wildman–Crippen LogP) is 3.48. The molecule has 1 aliphatic heterocycles. The van der Waals surface area contributed by atoms with E-state index in [0.717, 1.165) is 6.07 Å². The van der Waals surface area contributed by atoms with Crippen LogP contribution in [-0.4, -0.2) is 63.4 Å². The van der Waals surface area contributed by atoms with E-state index < -0.39 is 28.9 Å². The number of amides is 1. The van der Waals surface area contributed by atoms with Crippen molar-refractivity contribution in [2.75, 3.05) is 31.1 Å². The molecule has 7 nitrogen and oxygen atoms in total. The summed E-state index contributed by atoms with van der Waals surface area (Å²) in [5, 5.41) is 11.0. The van der Waals surface area contributed by atoms with Gasteiger partial charge in [0.25, 0.3) is 0 Å². The number of carbonyl (C=O) groups excluding carboxylic acids is 1. The van der Waals surface area contributed by atoms with Crippen molar-refractivity contribution in [1.29, 1.82) is 0 Å². The standard InChI is InChI=1S/C19H23BrF2N4O3/c1-18(2,3)29-17(27)26-6-5-25(8-19(4,28)9-26)16-11-7-12(21)13(20)14(22)15(11)23-10-24-16/h7,10,28H,5-6,8-9H2,1-4H3. The molecule has 0 bridgehead atoms. The summed E-state index contributed by atoms with van der Waals surface area (Å²) in [6.07, 6.45) is 0.657. The van der Waals surface area contributed by atoms with Crippen LogP contribution in [0.25, 0.3) is 10.9 Å². The van der Waals surface area contributed by atoms with Crippen molar-refractivity contribution in [2.24, 2.45) is 0 Å². The first-order chi connectivity index (χ1) is 13.4. The predicted molar refractivity (Wildman–Crippen MR) is 108 cm³/mol. The van der Waals surface area contributed by atoms with Gasteiger partial charge in [0.2, 0.25) is 0 Å². The molecule has 1 atom stereocenters. The van der Waals surface area contributed by atoms with E-state index in [9.17, 15) is 18.7 Å². The molecular formula is C19H23BrF2N4O3. The second kappa shape index (κ2) is 7.64. The molecule has 29 heavy (non-hydrogen) atoms. The third kappa shape index (κ3) is 4.75. The van der Waals surface area contributed by atoms with E-state index in [2.05, 4.69) is 25.9 Å². The quantitative estimate of drug-likeness (QED) is 0.640. The molecule has 10 heteroatoms. The summed E-state index contributed by atoms with van der Waals surface area (Å²) in [6.45, 7) is 7.58. The Morgan fingerprint density at radius 2 is 1.97 bits per heavy atom. The molecule has 1 aromatic heterocycles. The molecule has 1 fully saturated rings. The molecule has 0 saturated carbocycles. The van der Waals surface area contributed by atoms with Crippen LogP contribution in [0.15, 0.2) is 16.9 Å². The maximum absolute atomic E-state index is 14.4. The zero-order chi connectivity index (χ0) is 21.6. The van der Waals surface area contributed by atoms with Gasteiger partial charge in [0, 0.05) is 25.0 Å². The molecule has 1 N–H and O–H groups in total. The highest BCUT2D eigenvalue weighted by molar-refractivity contribution is 9.10. The normalized spacial score (nSPS) is 20.7. The van der Waals surface area contributed by atoms with Gasteiger partial charge in [-0.25, -0.2) is 23.5 Å². The number of hydrogen-bond donors (Lipinski definition) is 1. The third-order valence-electron chi connectivity index (χ3n) is 4.40. The number of anilines is 1. The maximum Gasteiger partial charge on any atom is 0.410 e. The molecule has 1 aliphatic rings. The lowest BCUT2D eigenvalue weighted by molar-refractivity contribution is -0.000273. The SMILES string of the molecule is CC1(O)CN(C(=O)OC(C)(C)C)CCN(c2ncnc3c(F)c(Br)c(F)cc23)C1. The fraction of sp³-hybridized carbons (Fsp3) is 0.526. The Hall–Kier alpha value is -2.07. The van der Waals surface area contributed by atoms with E-state index in [-0.39, 0.29) is 40.8 Å². The minimum absolute atomic E-state index is 0.0313. The summed E-state index contributed by atoms with van der Waals surface area (Å²) < 4.78 is 33.7. The Morgan fingerprint density at radius 1 is 1.28 bits per heavy atom. The first-order valence-corrected chi connectivity index (χ1v) is 9.91. The Bertz CT molecular complexity index is 949. The van der Waals surface area contributed by atoms with Gasteiger partial charge in [-0.05, 0) is 49.7 Å². The van der Waals surface area contributed by atoms with Crippen LogP contribution in [0.4, 0.5) is 19.4 Å². The first kappa shape index (κ1) is 21.6. The van der Waals surface area contributed by atoms with Crippen molar-refractivity contribution in [3.05, 3.63) is 28.5 Å². The Kier molecular flexibility index (Phi) is 5.70. The largest absolute Gasteiger partial charge is 0.444 e. The van der Waals surface area contributed by atoms with E-state index in [4.69, 9.17) is 4.74 Å². The average Bonchev–Trinajstić information content (AvgIpc) is 2.76. The summed E-state index contributed by atoms with van der Waals surface area (Å²) >= 11 is 2.88. The summed E-state index contributed by atoms with van der Waals surface area (Å²) in [5.41, 5.74) is -1.99. The van der Waals surface area contributed by atoms with Gasteiger partial charge < -0.3 is 19.6 Å². The molecule has 0 spiro atoms. The van der Waals surface area contributed by atoms with Crippen LogP contribution < -0.4 is 4.90 Å². The second-order valence-electron chi connectivity index (χ2n) is 8.40. The highest BCUT2D eigenvalue weighted by Gasteiger charge is 2.35. The van der Waals surface area contributed by atoms with Crippen LogP contribution >= 0.6 is 15.9 Å². The highest BCUT2D eigenvalue weighted by atomic mass is 79.9. The fourth-order valence-electron chi connectivity index (χ4n) is 3.28. The van der Waals surface area contributed by atoms with Crippen LogP contribution in [0.1, 0.15) is 27.7 Å². The third-order valence-corrected chi connectivity index (χ3v) is 5.13. The van der Waals surface area contributed by atoms with Gasteiger partial charge in [-0.3, -0.25) is 0 Å². The topological polar surface area (TPSA) is 78.8 Å². The number of aliphatic hydroxyl groups is 1. The molecule has 1 saturated heterocycles. The van der Waals surface area contributed by atoms with Gasteiger partial charge in [-0.1, -0.05) is 0 Å². The lowest BCUT2D eigenvalue weighted by Gasteiger charge is -2.31. The van der Waals surface area contributed by atoms with Gasteiger partial charge in [-0.2, -0.15) is 0 Å². The van der Waals surface area contributed by atoms with Crippen LogP contribution in [0, 0.1) is 11.6 Å². The molecule has 158 valence electrons. The number of halogens is 3. The van der Waals surface area contributed by atoms with Crippen LogP contribution in [0.5, 0.6) is 0 Å². The van der Waals surface area contributed by atoms with E-state index in [1.54, 1.807) is 32.6 Å². The number of ether oxygens (including phenoxy) is 1. The Labute approximate surface area is 175 Å². The van der Waals surface area contributed by atoms with Crippen LogP contribution in [0.2, 0.25) is 0 Å². The van der Waals surface area contributed by atoms with Gasteiger partial charge >= 0.3 is 6.09 Å². The molecule has 1 unspecified atom stereocenters. The van der Waals surface area contributed by atoms with Crippen molar-refractivity contribution in [2.45, 2.75) is 38.9 Å². The number of β-amino-alcohol motifs (C(OH)–C–C–N with tert-alkyl or cyclic N) is 1. The average molecular weight is 473 g/mol. The molecule has 0 aliphatic carbocycles. The number of carbonyl (C=O) groups is 1. The first-order valence-electron chi connectivity index (χ1n) is 9.11. The summed E-state index contributed by atoms with van der Waals surface area (Å²) in [5.74, 6) is -1.31. The van der Waals surface area contributed by atoms with Crippen molar-refractivity contribution >= 4 is 38.7 Å². The van der Waals surface area contributed by atoms with Crippen LogP contribution in [0.3, 0.4) is 0 Å². The molecule has 3 rings (SSSR count). The van der Waals surface area contributed by atoms with E-state index >= 15 is 0 Å². The van der Waals surface area contributed by atoms with E-state index in [1.807, 2.05) is 0 Å². The molecule has 1 aromatic carbocycles. The smallest absolute Gasteiger partial charge is 0.410 e. The molecular weight excluding hydrogens is 450 g/mol. The van der Waals surface area contributed by atoms with Crippen molar-refractivity contribution in [3.8, 4) is 0 Å². The maximum atomic E-state index is 14.4. The highest BCUT2D eigenvalue weighted by Crippen LogP contribution is 2.32. The number of rotatable bonds is 1. The van der Waals surface area contributed by atoms with Crippen molar-refractivity contribution < 1.29 is 23.4 Å². The zero-order valence-corrected chi connectivity index (χ0v) is 18.3. The fourth-order valence-corrected chi connectivity index (χ4v) is 3.58. The van der Waals surface area contributed by atoms with Crippen molar-refractivity contribution in [1.82, 2.24) is 14.9 Å². The minimum Gasteiger partial charge on any atom is -0.444 e. The molecule has 2 aromatic rings.